The van der Waals surface area contributed by atoms with Crippen molar-refractivity contribution in [2.45, 2.75) is 20.0 Å². The molecule has 1 atom stereocenters. The molecule has 2 rings (SSSR count). The molecule has 0 aromatic rings. The molecule has 1 unspecified atom stereocenters. The zero-order valence-corrected chi connectivity index (χ0v) is 6.76. The van der Waals surface area contributed by atoms with Crippen LogP contribution in [0.15, 0.2) is 0 Å². The molecular formula is C8H15NO. The Morgan fingerprint density at radius 3 is 2.50 bits per heavy atom. The van der Waals surface area contributed by atoms with Gasteiger partial charge in [0, 0.05) is 19.6 Å². The summed E-state index contributed by atoms with van der Waals surface area (Å²) < 4.78 is 5.14. The van der Waals surface area contributed by atoms with Gasteiger partial charge in [0.15, 0.2) is 0 Å². The zero-order chi connectivity index (χ0) is 7.19. The van der Waals surface area contributed by atoms with Crippen LogP contribution in [0.3, 0.4) is 0 Å². The van der Waals surface area contributed by atoms with Gasteiger partial charge in [0.2, 0.25) is 0 Å². The Morgan fingerprint density at radius 1 is 1.50 bits per heavy atom. The van der Waals surface area contributed by atoms with Gasteiger partial charge in [-0.1, -0.05) is 13.8 Å². The maximum atomic E-state index is 5.14. The average Bonchev–Trinajstić information content (AvgIpc) is 2.44. The number of epoxide rings is 1. The number of ether oxygens (including phenoxy) is 1. The molecule has 0 spiro atoms. The Bertz CT molecular complexity index is 129. The lowest BCUT2D eigenvalue weighted by Crippen LogP contribution is -2.53. The number of hydrogen-bond acceptors (Lipinski definition) is 2. The minimum absolute atomic E-state index is 0.578. The van der Waals surface area contributed by atoms with Gasteiger partial charge in [-0.3, -0.25) is 4.90 Å². The summed E-state index contributed by atoms with van der Waals surface area (Å²) in [7, 11) is 0. The summed E-state index contributed by atoms with van der Waals surface area (Å²) in [5.41, 5.74) is 0.578. The topological polar surface area (TPSA) is 15.8 Å². The van der Waals surface area contributed by atoms with E-state index in [1.165, 1.54) is 19.6 Å². The Hall–Kier alpha value is -0.0800. The highest BCUT2D eigenvalue weighted by Crippen LogP contribution is 2.29. The van der Waals surface area contributed by atoms with E-state index in [1.807, 2.05) is 0 Å². The summed E-state index contributed by atoms with van der Waals surface area (Å²) in [6.45, 7) is 9.31. The smallest absolute Gasteiger partial charge is 0.0936 e. The predicted molar refractivity (Wildman–Crippen MR) is 40.0 cm³/mol. The molecule has 0 aromatic carbocycles. The van der Waals surface area contributed by atoms with Crippen LogP contribution in [0.25, 0.3) is 0 Å². The van der Waals surface area contributed by atoms with Gasteiger partial charge >= 0.3 is 0 Å². The fraction of sp³-hybridized carbons (Fsp3) is 1.00. The van der Waals surface area contributed by atoms with Crippen molar-refractivity contribution >= 4 is 0 Å². The van der Waals surface area contributed by atoms with E-state index in [0.717, 1.165) is 6.61 Å². The van der Waals surface area contributed by atoms with E-state index >= 15 is 0 Å². The molecule has 0 aliphatic carbocycles. The van der Waals surface area contributed by atoms with Crippen LogP contribution < -0.4 is 0 Å². The number of rotatable bonds is 2. The van der Waals surface area contributed by atoms with E-state index < -0.39 is 0 Å². The van der Waals surface area contributed by atoms with Crippen molar-refractivity contribution < 1.29 is 4.74 Å². The van der Waals surface area contributed by atoms with Crippen molar-refractivity contribution in [2.75, 3.05) is 26.2 Å². The molecule has 2 aliphatic rings. The fourth-order valence-electron chi connectivity index (χ4n) is 1.75. The molecule has 0 saturated carbocycles. The van der Waals surface area contributed by atoms with Gasteiger partial charge in [-0.05, 0) is 5.41 Å². The van der Waals surface area contributed by atoms with Gasteiger partial charge in [-0.15, -0.1) is 0 Å². The van der Waals surface area contributed by atoms with Crippen LogP contribution in [0.4, 0.5) is 0 Å². The van der Waals surface area contributed by atoms with Crippen molar-refractivity contribution in [3.05, 3.63) is 0 Å². The van der Waals surface area contributed by atoms with E-state index in [9.17, 15) is 0 Å². The molecule has 0 amide bonds. The first-order valence-electron chi connectivity index (χ1n) is 4.00. The minimum Gasteiger partial charge on any atom is -0.372 e. The van der Waals surface area contributed by atoms with Crippen LogP contribution in [0, 0.1) is 5.41 Å². The molecule has 2 fully saturated rings. The van der Waals surface area contributed by atoms with Gasteiger partial charge in [0.25, 0.3) is 0 Å². The maximum Gasteiger partial charge on any atom is 0.0936 e. The van der Waals surface area contributed by atoms with E-state index in [0.29, 0.717) is 11.5 Å². The standard InChI is InChI=1S/C8H15NO/c1-8(2)5-9(6-8)3-7-4-10-7/h7H,3-6H2,1-2H3. The highest BCUT2D eigenvalue weighted by atomic mass is 16.6. The Balaban J connectivity index is 1.69. The second kappa shape index (κ2) is 1.95. The first-order chi connectivity index (χ1) is 4.66. The normalized spacial score (nSPS) is 37.2. The van der Waals surface area contributed by atoms with Crippen LogP contribution in [0.2, 0.25) is 0 Å². The first-order valence-corrected chi connectivity index (χ1v) is 4.00. The van der Waals surface area contributed by atoms with E-state index in [4.69, 9.17) is 4.74 Å². The zero-order valence-electron chi connectivity index (χ0n) is 6.76. The van der Waals surface area contributed by atoms with E-state index in [1.54, 1.807) is 0 Å². The van der Waals surface area contributed by atoms with Crippen molar-refractivity contribution in [1.29, 1.82) is 0 Å². The lowest BCUT2D eigenvalue weighted by atomic mass is 9.84. The lowest BCUT2D eigenvalue weighted by Gasteiger charge is -2.45. The molecule has 2 nitrogen and oxygen atoms in total. The van der Waals surface area contributed by atoms with Crippen LogP contribution in [-0.4, -0.2) is 37.2 Å². The predicted octanol–water partition coefficient (Wildman–Crippen LogP) is 0.727. The second-order valence-corrected chi connectivity index (χ2v) is 4.29. The first kappa shape index (κ1) is 6.62. The molecule has 0 radical (unpaired) electrons. The third kappa shape index (κ3) is 1.32. The summed E-state index contributed by atoms with van der Waals surface area (Å²) in [5.74, 6) is 0. The number of hydrogen-bond donors (Lipinski definition) is 0. The van der Waals surface area contributed by atoms with Crippen molar-refractivity contribution in [3.8, 4) is 0 Å². The molecule has 2 saturated heterocycles. The van der Waals surface area contributed by atoms with Gasteiger partial charge in [0.1, 0.15) is 0 Å². The van der Waals surface area contributed by atoms with Crippen molar-refractivity contribution in [2.24, 2.45) is 5.41 Å². The summed E-state index contributed by atoms with van der Waals surface area (Å²) in [4.78, 5) is 2.47. The van der Waals surface area contributed by atoms with Gasteiger partial charge in [-0.25, -0.2) is 0 Å². The summed E-state index contributed by atoms with van der Waals surface area (Å²) in [6.07, 6.45) is 0.580. The van der Waals surface area contributed by atoms with Crippen LogP contribution in [-0.2, 0) is 4.74 Å². The van der Waals surface area contributed by atoms with Crippen LogP contribution >= 0.6 is 0 Å². The molecule has 2 heteroatoms. The average molecular weight is 141 g/mol. The third-order valence-corrected chi connectivity index (χ3v) is 2.17. The number of likely N-dealkylation sites (tertiary alicyclic amines) is 1. The highest BCUT2D eigenvalue weighted by Gasteiger charge is 2.37. The van der Waals surface area contributed by atoms with Gasteiger partial charge in [0.05, 0.1) is 12.7 Å². The largest absolute Gasteiger partial charge is 0.372 e. The van der Waals surface area contributed by atoms with Crippen LogP contribution in [0.5, 0.6) is 0 Å². The summed E-state index contributed by atoms with van der Waals surface area (Å²) >= 11 is 0. The molecule has 10 heavy (non-hydrogen) atoms. The lowest BCUT2D eigenvalue weighted by molar-refractivity contribution is 0.0260. The quantitative estimate of drug-likeness (QED) is 0.527. The molecule has 58 valence electrons. The SMILES string of the molecule is CC1(C)CN(CC2CO2)C1. The molecule has 0 N–H and O–H groups in total. The highest BCUT2D eigenvalue weighted by molar-refractivity contribution is 4.90. The Labute approximate surface area is 62.2 Å². The molecule has 0 bridgehead atoms. The van der Waals surface area contributed by atoms with Crippen molar-refractivity contribution in [3.63, 3.8) is 0 Å². The number of nitrogens with zero attached hydrogens (tertiary/aromatic N) is 1. The summed E-state index contributed by atoms with van der Waals surface area (Å²) in [6, 6.07) is 0. The molecule has 0 aromatic heterocycles. The monoisotopic (exact) mass is 141 g/mol. The second-order valence-electron chi connectivity index (χ2n) is 4.29. The summed E-state index contributed by atoms with van der Waals surface area (Å²) in [5, 5.41) is 0. The van der Waals surface area contributed by atoms with E-state index in [-0.39, 0.29) is 0 Å². The van der Waals surface area contributed by atoms with E-state index in [2.05, 4.69) is 18.7 Å². The van der Waals surface area contributed by atoms with Gasteiger partial charge < -0.3 is 4.74 Å². The Morgan fingerprint density at radius 2 is 2.10 bits per heavy atom. The fourth-order valence-corrected chi connectivity index (χ4v) is 1.75. The maximum absolute atomic E-state index is 5.14. The molecule has 2 heterocycles. The molecular weight excluding hydrogens is 126 g/mol. The Kier molecular flexibility index (Phi) is 1.29. The van der Waals surface area contributed by atoms with Gasteiger partial charge in [-0.2, -0.15) is 0 Å². The molecule has 2 aliphatic heterocycles. The minimum atomic E-state index is 0.578. The van der Waals surface area contributed by atoms with Crippen molar-refractivity contribution in [1.82, 2.24) is 4.90 Å². The third-order valence-electron chi connectivity index (χ3n) is 2.17. The van der Waals surface area contributed by atoms with Crippen LogP contribution in [0.1, 0.15) is 13.8 Å².